The third-order valence-corrected chi connectivity index (χ3v) is 4.66. The molecular weight excluding hydrogens is 346 g/mol. The molecule has 1 aromatic heterocycles. The average Bonchev–Trinajstić information content (AvgIpc) is 3.34. The number of amides is 2. The van der Waals surface area contributed by atoms with Crippen molar-refractivity contribution in [3.8, 4) is 0 Å². The van der Waals surface area contributed by atoms with Crippen LogP contribution in [0.2, 0.25) is 0 Å². The molecule has 1 saturated carbocycles. The Morgan fingerprint density at radius 1 is 1.36 bits per heavy atom. The number of hydrogen-bond acceptors (Lipinski definition) is 7. The number of nitrogens with zero attached hydrogens (tertiary/aromatic N) is 3. The molecule has 0 radical (unpaired) electrons. The van der Waals surface area contributed by atoms with Crippen LogP contribution < -0.4 is 10.6 Å². The molecule has 130 valence electrons. The van der Waals surface area contributed by atoms with Gasteiger partial charge in [0.05, 0.1) is 4.92 Å². The number of aromatic nitrogens is 2. The molecular formula is C15H15N5O4S. The fourth-order valence-corrected chi connectivity index (χ4v) is 3.02. The van der Waals surface area contributed by atoms with E-state index in [2.05, 4.69) is 20.8 Å². The number of rotatable bonds is 6. The first kappa shape index (κ1) is 17.0. The number of nitro groups is 1. The van der Waals surface area contributed by atoms with Crippen molar-refractivity contribution in [2.24, 2.45) is 0 Å². The van der Waals surface area contributed by atoms with Gasteiger partial charge in [-0.3, -0.25) is 25.0 Å². The van der Waals surface area contributed by atoms with Gasteiger partial charge in [0.25, 0.3) is 11.6 Å². The molecule has 1 heterocycles. The summed E-state index contributed by atoms with van der Waals surface area (Å²) in [5, 5.41) is 25.1. The van der Waals surface area contributed by atoms with Crippen molar-refractivity contribution < 1.29 is 14.5 Å². The van der Waals surface area contributed by atoms with Gasteiger partial charge in [-0.25, -0.2) is 0 Å². The number of hydrogen-bond donors (Lipinski definition) is 2. The summed E-state index contributed by atoms with van der Waals surface area (Å²) in [5.41, 5.74) is -0.0768. The van der Waals surface area contributed by atoms with Crippen molar-refractivity contribution in [1.82, 2.24) is 15.5 Å². The molecule has 2 aromatic rings. The molecule has 1 aromatic carbocycles. The van der Waals surface area contributed by atoms with Gasteiger partial charge in [-0.2, -0.15) is 0 Å². The molecule has 0 spiro atoms. The molecule has 1 unspecified atom stereocenters. The van der Waals surface area contributed by atoms with E-state index >= 15 is 0 Å². The second-order valence-electron chi connectivity index (χ2n) is 5.71. The Morgan fingerprint density at radius 2 is 2.12 bits per heavy atom. The van der Waals surface area contributed by atoms with Crippen molar-refractivity contribution in [3.05, 3.63) is 45.0 Å². The van der Waals surface area contributed by atoms with E-state index in [1.54, 1.807) is 0 Å². The minimum atomic E-state index is -0.833. The second-order valence-corrected chi connectivity index (χ2v) is 6.72. The highest BCUT2D eigenvalue weighted by atomic mass is 32.1. The van der Waals surface area contributed by atoms with Crippen LogP contribution in [0, 0.1) is 10.1 Å². The van der Waals surface area contributed by atoms with Gasteiger partial charge >= 0.3 is 0 Å². The Balaban J connectivity index is 1.59. The third kappa shape index (κ3) is 4.15. The van der Waals surface area contributed by atoms with E-state index < -0.39 is 22.8 Å². The number of carbonyl (C=O) groups excluding carboxylic acids is 2. The van der Waals surface area contributed by atoms with E-state index in [-0.39, 0.29) is 11.3 Å². The summed E-state index contributed by atoms with van der Waals surface area (Å²) in [6.45, 7) is 1.52. The first-order valence-electron chi connectivity index (χ1n) is 7.63. The van der Waals surface area contributed by atoms with Crippen LogP contribution in [-0.2, 0) is 4.79 Å². The van der Waals surface area contributed by atoms with Crippen LogP contribution in [0.25, 0.3) is 0 Å². The summed E-state index contributed by atoms with van der Waals surface area (Å²) >= 11 is 1.33. The topological polar surface area (TPSA) is 127 Å². The summed E-state index contributed by atoms with van der Waals surface area (Å²) in [6.07, 6.45) is 2.19. The maximum absolute atomic E-state index is 12.2. The Hall–Kier alpha value is -2.88. The monoisotopic (exact) mass is 361 g/mol. The fourth-order valence-electron chi connectivity index (χ4n) is 2.10. The van der Waals surface area contributed by atoms with Crippen molar-refractivity contribution >= 4 is 34.0 Å². The molecule has 25 heavy (non-hydrogen) atoms. The van der Waals surface area contributed by atoms with E-state index in [1.807, 2.05) is 0 Å². The lowest BCUT2D eigenvalue weighted by Crippen LogP contribution is -2.41. The SMILES string of the molecule is CC(NC(=O)c1cccc([N+](=O)[O-])c1)C(=O)Nc1nnc(C2CC2)s1. The number of nitrogens with one attached hydrogen (secondary N) is 2. The largest absolute Gasteiger partial charge is 0.341 e. The summed E-state index contributed by atoms with van der Waals surface area (Å²) < 4.78 is 0. The van der Waals surface area contributed by atoms with Crippen LogP contribution in [-0.4, -0.2) is 33.0 Å². The Labute approximate surface area is 146 Å². The first-order valence-corrected chi connectivity index (χ1v) is 8.45. The lowest BCUT2D eigenvalue weighted by atomic mass is 10.1. The van der Waals surface area contributed by atoms with Crippen molar-refractivity contribution in [3.63, 3.8) is 0 Å². The number of nitro benzene ring substituents is 1. The zero-order valence-electron chi connectivity index (χ0n) is 13.3. The van der Waals surface area contributed by atoms with Crippen LogP contribution in [0.3, 0.4) is 0 Å². The molecule has 2 N–H and O–H groups in total. The third-order valence-electron chi connectivity index (χ3n) is 3.66. The minimum absolute atomic E-state index is 0.112. The van der Waals surface area contributed by atoms with E-state index in [4.69, 9.17) is 0 Å². The molecule has 1 aliphatic rings. The van der Waals surface area contributed by atoms with Crippen molar-refractivity contribution in [2.75, 3.05) is 5.32 Å². The molecule has 1 atom stereocenters. The van der Waals surface area contributed by atoms with Crippen LogP contribution in [0.15, 0.2) is 24.3 Å². The molecule has 1 fully saturated rings. The van der Waals surface area contributed by atoms with Gasteiger partial charge in [0.15, 0.2) is 0 Å². The summed E-state index contributed by atoms with van der Waals surface area (Å²) in [6, 6.07) is 4.48. The molecule has 0 saturated heterocycles. The zero-order valence-corrected chi connectivity index (χ0v) is 14.1. The normalized spacial score (nSPS) is 14.6. The van der Waals surface area contributed by atoms with Crippen LogP contribution in [0.4, 0.5) is 10.8 Å². The van der Waals surface area contributed by atoms with E-state index in [0.717, 1.165) is 23.9 Å². The lowest BCUT2D eigenvalue weighted by molar-refractivity contribution is -0.384. The smallest absolute Gasteiger partial charge is 0.270 e. The first-order chi connectivity index (χ1) is 11.9. The van der Waals surface area contributed by atoms with Crippen LogP contribution >= 0.6 is 11.3 Å². The van der Waals surface area contributed by atoms with Crippen molar-refractivity contribution in [2.45, 2.75) is 31.7 Å². The number of benzene rings is 1. The Morgan fingerprint density at radius 3 is 2.80 bits per heavy atom. The van der Waals surface area contributed by atoms with Gasteiger partial charge in [-0.15, -0.1) is 10.2 Å². The van der Waals surface area contributed by atoms with Gasteiger partial charge in [-0.05, 0) is 25.8 Å². The molecule has 0 aliphatic heterocycles. The summed E-state index contributed by atoms with van der Waals surface area (Å²) in [5.74, 6) is -0.547. The van der Waals surface area contributed by atoms with Gasteiger partial charge < -0.3 is 5.32 Å². The van der Waals surface area contributed by atoms with Crippen molar-refractivity contribution in [1.29, 1.82) is 0 Å². The molecule has 10 heteroatoms. The quantitative estimate of drug-likeness (QED) is 0.599. The second kappa shape index (κ2) is 6.93. The fraction of sp³-hybridized carbons (Fsp3) is 0.333. The van der Waals surface area contributed by atoms with Crippen LogP contribution in [0.1, 0.15) is 41.0 Å². The maximum Gasteiger partial charge on any atom is 0.270 e. The molecule has 0 bridgehead atoms. The Kier molecular flexibility index (Phi) is 4.70. The highest BCUT2D eigenvalue weighted by molar-refractivity contribution is 7.15. The minimum Gasteiger partial charge on any atom is -0.341 e. The number of carbonyl (C=O) groups is 2. The zero-order chi connectivity index (χ0) is 18.0. The molecule has 9 nitrogen and oxygen atoms in total. The van der Waals surface area contributed by atoms with E-state index in [0.29, 0.717) is 11.0 Å². The predicted octanol–water partition coefficient (Wildman–Crippen LogP) is 2.08. The van der Waals surface area contributed by atoms with Gasteiger partial charge in [0.1, 0.15) is 11.0 Å². The highest BCUT2D eigenvalue weighted by Crippen LogP contribution is 2.42. The van der Waals surface area contributed by atoms with Gasteiger partial charge in [0, 0.05) is 23.6 Å². The lowest BCUT2D eigenvalue weighted by Gasteiger charge is -2.12. The number of non-ortho nitro benzene ring substituents is 1. The Bertz CT molecular complexity index is 833. The van der Waals surface area contributed by atoms with E-state index in [9.17, 15) is 19.7 Å². The summed E-state index contributed by atoms with van der Waals surface area (Å²) in [4.78, 5) is 34.5. The molecule has 3 rings (SSSR count). The van der Waals surface area contributed by atoms with E-state index in [1.165, 1.54) is 36.5 Å². The molecule has 1 aliphatic carbocycles. The standard InChI is InChI=1S/C15H15N5O4S/c1-8(12(21)17-15-19-18-14(25-15)9-5-6-9)16-13(22)10-3-2-4-11(7-10)20(23)24/h2-4,7-9H,5-6H2,1H3,(H,16,22)(H,17,19,21). The summed E-state index contributed by atoms with van der Waals surface area (Å²) in [7, 11) is 0. The maximum atomic E-state index is 12.2. The molecule has 2 amide bonds. The van der Waals surface area contributed by atoms with Gasteiger partial charge in [0.2, 0.25) is 11.0 Å². The average molecular weight is 361 g/mol. The van der Waals surface area contributed by atoms with Gasteiger partial charge in [-0.1, -0.05) is 17.4 Å². The van der Waals surface area contributed by atoms with Crippen LogP contribution in [0.5, 0.6) is 0 Å². The number of anilines is 1. The highest BCUT2D eigenvalue weighted by Gasteiger charge is 2.28. The predicted molar refractivity (Wildman–Crippen MR) is 90.5 cm³/mol.